The van der Waals surface area contributed by atoms with Gasteiger partial charge in [-0.2, -0.15) is 5.10 Å². The van der Waals surface area contributed by atoms with Crippen molar-refractivity contribution in [2.45, 2.75) is 38.8 Å². The molecule has 2 N–H and O–H groups in total. The molecule has 8 nitrogen and oxygen atoms in total. The number of nitrogens with zero attached hydrogens (tertiary/aromatic N) is 3. The minimum absolute atomic E-state index is 0.201. The van der Waals surface area contributed by atoms with Gasteiger partial charge in [0.05, 0.1) is 29.1 Å². The van der Waals surface area contributed by atoms with Gasteiger partial charge < -0.3 is 14.6 Å². The third-order valence-electron chi connectivity index (χ3n) is 5.48. The van der Waals surface area contributed by atoms with E-state index in [4.69, 9.17) is 9.26 Å². The molecule has 1 saturated carbocycles. The summed E-state index contributed by atoms with van der Waals surface area (Å²) in [5, 5.41) is 14.3. The summed E-state index contributed by atoms with van der Waals surface area (Å²) in [5.41, 5.74) is 5.02. The zero-order valence-electron chi connectivity index (χ0n) is 17.7. The Morgan fingerprint density at radius 3 is 2.81 bits per heavy atom. The van der Waals surface area contributed by atoms with Gasteiger partial charge in [0.1, 0.15) is 18.1 Å². The first-order chi connectivity index (χ1) is 15.7. The molecule has 3 aromatic heterocycles. The fraction of sp³-hybridized carbons (Fsp3) is 0.250. The average Bonchev–Trinajstić information content (AvgIpc) is 3.46. The number of ether oxygens (including phenoxy) is 1. The Morgan fingerprint density at radius 1 is 1.22 bits per heavy atom. The minimum Gasteiger partial charge on any atom is -0.473 e. The van der Waals surface area contributed by atoms with Crippen LogP contribution >= 0.6 is 0 Å². The van der Waals surface area contributed by atoms with Crippen molar-refractivity contribution in [3.8, 4) is 17.1 Å². The van der Waals surface area contributed by atoms with E-state index >= 15 is 0 Å². The summed E-state index contributed by atoms with van der Waals surface area (Å²) in [6.45, 7) is 2.51. The molecule has 0 spiro atoms. The molecular formula is C24H23N5O3. The lowest BCUT2D eigenvalue weighted by molar-refractivity contribution is 0.0950. The maximum absolute atomic E-state index is 12.4. The highest BCUT2D eigenvalue weighted by Crippen LogP contribution is 2.39. The number of carbonyl (C=O) groups excluding carboxylic acids is 1. The summed E-state index contributed by atoms with van der Waals surface area (Å²) in [7, 11) is 0. The van der Waals surface area contributed by atoms with Crippen LogP contribution in [-0.4, -0.2) is 26.2 Å². The number of aromatic nitrogens is 4. The Balaban J connectivity index is 1.18. The van der Waals surface area contributed by atoms with E-state index in [0.29, 0.717) is 29.7 Å². The second-order valence-corrected chi connectivity index (χ2v) is 7.88. The molecule has 4 aromatic rings. The summed E-state index contributed by atoms with van der Waals surface area (Å²) >= 11 is 0. The number of pyridine rings is 1. The largest absolute Gasteiger partial charge is 0.473 e. The van der Waals surface area contributed by atoms with Crippen LogP contribution in [0.25, 0.3) is 11.3 Å². The first-order valence-corrected chi connectivity index (χ1v) is 10.6. The number of aromatic amines is 1. The molecule has 0 saturated heterocycles. The van der Waals surface area contributed by atoms with Gasteiger partial charge in [-0.25, -0.2) is 4.98 Å². The van der Waals surface area contributed by atoms with Gasteiger partial charge in [0, 0.05) is 23.7 Å². The summed E-state index contributed by atoms with van der Waals surface area (Å²) in [5.74, 6) is 1.50. The lowest BCUT2D eigenvalue weighted by Gasteiger charge is -2.07. The number of hydrogen-bond acceptors (Lipinski definition) is 6. The lowest BCUT2D eigenvalue weighted by Crippen LogP contribution is -2.23. The molecule has 0 radical (unpaired) electrons. The topological polar surface area (TPSA) is 106 Å². The first-order valence-electron chi connectivity index (χ1n) is 10.6. The van der Waals surface area contributed by atoms with E-state index in [1.54, 1.807) is 12.1 Å². The average molecular weight is 429 g/mol. The van der Waals surface area contributed by atoms with Gasteiger partial charge in [0.2, 0.25) is 5.88 Å². The van der Waals surface area contributed by atoms with Crippen molar-refractivity contribution in [2.75, 3.05) is 0 Å². The van der Waals surface area contributed by atoms with Gasteiger partial charge in [-0.1, -0.05) is 35.5 Å². The Bertz CT molecular complexity index is 1210. The van der Waals surface area contributed by atoms with Gasteiger partial charge in [-0.3, -0.25) is 9.89 Å². The molecule has 1 aliphatic carbocycles. The number of rotatable bonds is 8. The molecule has 1 amide bonds. The van der Waals surface area contributed by atoms with E-state index in [1.165, 1.54) is 19.0 Å². The standard InChI is InChI=1S/C24H23N5O3/c1-15-20(23(29-32-15)17-5-3-2-4-6-17)14-31-22-10-9-18(12-25-22)24(30)26-13-19-11-21(28-27-19)16-7-8-16/h2-6,9-12,16H,7-8,13-14H2,1H3,(H,26,30)(H,27,28). The van der Waals surface area contributed by atoms with E-state index in [1.807, 2.05) is 43.3 Å². The molecule has 5 rings (SSSR count). The number of nitrogens with one attached hydrogen (secondary N) is 2. The zero-order chi connectivity index (χ0) is 21.9. The Hall–Kier alpha value is -3.94. The molecule has 0 atom stereocenters. The quantitative estimate of drug-likeness (QED) is 0.436. The van der Waals surface area contributed by atoms with Crippen molar-refractivity contribution in [1.29, 1.82) is 0 Å². The SMILES string of the molecule is Cc1onc(-c2ccccc2)c1COc1ccc(C(=O)NCc2cc(C3CC3)n[nH]2)cn1. The van der Waals surface area contributed by atoms with Crippen molar-refractivity contribution < 1.29 is 14.1 Å². The fourth-order valence-electron chi connectivity index (χ4n) is 3.47. The number of carbonyl (C=O) groups is 1. The van der Waals surface area contributed by atoms with E-state index < -0.39 is 0 Å². The lowest BCUT2D eigenvalue weighted by atomic mass is 10.1. The number of aryl methyl sites for hydroxylation is 1. The number of benzene rings is 1. The Kier molecular flexibility index (Phi) is 5.41. The van der Waals surface area contributed by atoms with Crippen LogP contribution in [0, 0.1) is 6.92 Å². The van der Waals surface area contributed by atoms with Crippen LogP contribution in [-0.2, 0) is 13.2 Å². The highest BCUT2D eigenvalue weighted by Gasteiger charge is 2.26. The molecule has 0 bridgehead atoms. The van der Waals surface area contributed by atoms with Crippen molar-refractivity contribution in [3.63, 3.8) is 0 Å². The van der Waals surface area contributed by atoms with Crippen LogP contribution in [0.1, 0.15) is 51.8 Å². The molecule has 3 heterocycles. The van der Waals surface area contributed by atoms with Crippen molar-refractivity contribution in [1.82, 2.24) is 25.7 Å². The first kappa shape index (κ1) is 20.0. The third-order valence-corrected chi connectivity index (χ3v) is 5.48. The second kappa shape index (κ2) is 8.66. The predicted octanol–water partition coefficient (Wildman–Crippen LogP) is 4.15. The van der Waals surface area contributed by atoms with Crippen LogP contribution in [0.3, 0.4) is 0 Å². The van der Waals surface area contributed by atoms with E-state index in [2.05, 4.69) is 25.7 Å². The Labute approximate surface area is 185 Å². The molecule has 162 valence electrons. The maximum atomic E-state index is 12.4. The van der Waals surface area contributed by atoms with E-state index in [-0.39, 0.29) is 12.5 Å². The summed E-state index contributed by atoms with van der Waals surface area (Å²) in [6, 6.07) is 15.2. The molecular weight excluding hydrogens is 406 g/mol. The number of H-pyrrole nitrogens is 1. The van der Waals surface area contributed by atoms with Gasteiger partial charge in [0.15, 0.2) is 0 Å². The monoisotopic (exact) mass is 429 g/mol. The van der Waals surface area contributed by atoms with E-state index in [9.17, 15) is 4.79 Å². The molecule has 8 heteroatoms. The van der Waals surface area contributed by atoms with Crippen molar-refractivity contribution in [3.05, 3.63) is 83.0 Å². The summed E-state index contributed by atoms with van der Waals surface area (Å²) in [6.07, 6.45) is 3.90. The van der Waals surface area contributed by atoms with Gasteiger partial charge in [-0.15, -0.1) is 0 Å². The van der Waals surface area contributed by atoms with E-state index in [0.717, 1.165) is 28.2 Å². The summed E-state index contributed by atoms with van der Waals surface area (Å²) in [4.78, 5) is 16.7. The van der Waals surface area contributed by atoms with Crippen molar-refractivity contribution >= 4 is 5.91 Å². The fourth-order valence-corrected chi connectivity index (χ4v) is 3.47. The smallest absolute Gasteiger partial charge is 0.253 e. The predicted molar refractivity (Wildman–Crippen MR) is 117 cm³/mol. The van der Waals surface area contributed by atoms with Gasteiger partial charge >= 0.3 is 0 Å². The van der Waals surface area contributed by atoms with Crippen LogP contribution in [0.15, 0.2) is 59.3 Å². The minimum atomic E-state index is -0.201. The molecule has 32 heavy (non-hydrogen) atoms. The van der Waals surface area contributed by atoms with Crippen LogP contribution in [0.5, 0.6) is 5.88 Å². The normalized spacial score (nSPS) is 13.2. The van der Waals surface area contributed by atoms with Crippen LogP contribution < -0.4 is 10.1 Å². The Morgan fingerprint density at radius 2 is 2.06 bits per heavy atom. The number of hydrogen-bond donors (Lipinski definition) is 2. The van der Waals surface area contributed by atoms with Crippen LogP contribution in [0.4, 0.5) is 0 Å². The third kappa shape index (κ3) is 4.39. The van der Waals surface area contributed by atoms with Crippen molar-refractivity contribution in [2.24, 2.45) is 0 Å². The molecule has 0 unspecified atom stereocenters. The van der Waals surface area contributed by atoms with Crippen LogP contribution in [0.2, 0.25) is 0 Å². The second-order valence-electron chi connectivity index (χ2n) is 7.88. The molecule has 1 aromatic carbocycles. The zero-order valence-corrected chi connectivity index (χ0v) is 17.7. The van der Waals surface area contributed by atoms with Gasteiger partial charge in [-0.05, 0) is 31.9 Å². The maximum Gasteiger partial charge on any atom is 0.253 e. The highest BCUT2D eigenvalue weighted by atomic mass is 16.5. The van der Waals surface area contributed by atoms with Gasteiger partial charge in [0.25, 0.3) is 5.91 Å². The molecule has 0 aliphatic heterocycles. The highest BCUT2D eigenvalue weighted by molar-refractivity contribution is 5.93. The molecule has 1 fully saturated rings. The number of amides is 1. The molecule has 1 aliphatic rings. The summed E-state index contributed by atoms with van der Waals surface area (Å²) < 4.78 is 11.2.